The van der Waals surface area contributed by atoms with Gasteiger partial charge < -0.3 is 9.47 Å². The third kappa shape index (κ3) is 2.68. The molecule has 2 heterocycles. The Balaban J connectivity index is 2.42. The average molecular weight is 330 g/mol. The van der Waals surface area contributed by atoms with Crippen LogP contribution in [0.5, 0.6) is 5.75 Å². The molecule has 116 valence electrons. The van der Waals surface area contributed by atoms with E-state index in [4.69, 9.17) is 21.1 Å². The summed E-state index contributed by atoms with van der Waals surface area (Å²) in [5.74, 6) is -0.235. The van der Waals surface area contributed by atoms with Gasteiger partial charge in [0.05, 0.1) is 31.6 Å². The number of aromatic nitrogens is 3. The molecule has 0 unspecified atom stereocenters. The fraction of sp³-hybridized carbons (Fsp3) is 0.125. The molecule has 0 atom stereocenters. The van der Waals surface area contributed by atoms with E-state index in [-0.39, 0.29) is 10.7 Å². The molecule has 3 aromatic rings. The first-order chi connectivity index (χ1) is 11.2. The zero-order valence-corrected chi connectivity index (χ0v) is 13.2. The molecule has 0 aliphatic heterocycles. The second kappa shape index (κ2) is 6.18. The fourth-order valence-electron chi connectivity index (χ4n) is 2.33. The Hall–Kier alpha value is -2.73. The van der Waals surface area contributed by atoms with Gasteiger partial charge in [-0.25, -0.2) is 9.78 Å². The summed E-state index contributed by atoms with van der Waals surface area (Å²) in [6.45, 7) is 0. The van der Waals surface area contributed by atoms with E-state index in [0.717, 1.165) is 0 Å². The number of nitrogens with zero attached hydrogens (tertiary/aromatic N) is 3. The van der Waals surface area contributed by atoms with Crippen molar-refractivity contribution in [3.05, 3.63) is 47.4 Å². The van der Waals surface area contributed by atoms with Crippen LogP contribution in [0.25, 0.3) is 22.3 Å². The molecule has 0 fully saturated rings. The zero-order chi connectivity index (χ0) is 16.4. The quantitative estimate of drug-likeness (QED) is 0.687. The summed E-state index contributed by atoms with van der Waals surface area (Å²) in [5.41, 5.74) is 2.25. The SMILES string of the molecule is COC(=O)c1c(OC)c(-c2ccccn2)cc2nc(Cl)cnc12. The van der Waals surface area contributed by atoms with Gasteiger partial charge in [0, 0.05) is 11.8 Å². The highest BCUT2D eigenvalue weighted by atomic mass is 35.5. The largest absolute Gasteiger partial charge is 0.495 e. The number of pyridine rings is 1. The lowest BCUT2D eigenvalue weighted by atomic mass is 10.0. The molecule has 23 heavy (non-hydrogen) atoms. The number of rotatable bonds is 3. The van der Waals surface area contributed by atoms with Gasteiger partial charge in [-0.2, -0.15) is 0 Å². The van der Waals surface area contributed by atoms with Crippen molar-refractivity contribution < 1.29 is 14.3 Å². The van der Waals surface area contributed by atoms with Gasteiger partial charge in [-0.3, -0.25) is 9.97 Å². The molecule has 6 nitrogen and oxygen atoms in total. The van der Waals surface area contributed by atoms with Crippen molar-refractivity contribution in [2.75, 3.05) is 14.2 Å². The summed E-state index contributed by atoms with van der Waals surface area (Å²) in [7, 11) is 2.77. The molecule has 3 rings (SSSR count). The van der Waals surface area contributed by atoms with Gasteiger partial charge in [0.25, 0.3) is 0 Å². The van der Waals surface area contributed by atoms with Gasteiger partial charge in [0.1, 0.15) is 22.0 Å². The molecular formula is C16H12ClN3O3. The Kier molecular flexibility index (Phi) is 4.08. The molecule has 2 aromatic heterocycles. The smallest absolute Gasteiger partial charge is 0.343 e. The molecular weight excluding hydrogens is 318 g/mol. The maximum atomic E-state index is 12.3. The summed E-state index contributed by atoms with van der Waals surface area (Å²) < 4.78 is 10.3. The molecule has 0 aliphatic rings. The van der Waals surface area contributed by atoms with Crippen LogP contribution in [0.3, 0.4) is 0 Å². The number of hydrogen-bond acceptors (Lipinski definition) is 6. The summed E-state index contributed by atoms with van der Waals surface area (Å²) >= 11 is 5.92. The Morgan fingerprint density at radius 1 is 1.22 bits per heavy atom. The highest BCUT2D eigenvalue weighted by Crippen LogP contribution is 2.37. The van der Waals surface area contributed by atoms with Crippen molar-refractivity contribution in [2.45, 2.75) is 0 Å². The Morgan fingerprint density at radius 2 is 2.04 bits per heavy atom. The van der Waals surface area contributed by atoms with Crippen molar-refractivity contribution in [2.24, 2.45) is 0 Å². The predicted molar refractivity (Wildman–Crippen MR) is 85.7 cm³/mol. The maximum Gasteiger partial charge on any atom is 0.343 e. The van der Waals surface area contributed by atoms with Gasteiger partial charge in [-0.05, 0) is 18.2 Å². The Bertz CT molecular complexity index is 885. The first-order valence-electron chi connectivity index (χ1n) is 6.68. The molecule has 0 bridgehead atoms. The zero-order valence-electron chi connectivity index (χ0n) is 12.4. The third-order valence-corrected chi connectivity index (χ3v) is 3.48. The number of carbonyl (C=O) groups is 1. The molecule has 1 aromatic carbocycles. The number of carbonyl (C=O) groups excluding carboxylic acids is 1. The van der Waals surface area contributed by atoms with E-state index in [9.17, 15) is 4.79 Å². The van der Waals surface area contributed by atoms with Crippen LogP contribution < -0.4 is 4.74 Å². The lowest BCUT2D eigenvalue weighted by molar-refractivity contribution is 0.0599. The van der Waals surface area contributed by atoms with Crippen molar-refractivity contribution in [1.82, 2.24) is 15.0 Å². The lowest BCUT2D eigenvalue weighted by Gasteiger charge is -2.14. The van der Waals surface area contributed by atoms with Crippen molar-refractivity contribution >= 4 is 28.6 Å². The summed E-state index contributed by atoms with van der Waals surface area (Å²) in [6.07, 6.45) is 3.02. The topological polar surface area (TPSA) is 74.2 Å². The van der Waals surface area contributed by atoms with E-state index >= 15 is 0 Å². The van der Waals surface area contributed by atoms with Gasteiger partial charge in [-0.1, -0.05) is 17.7 Å². The van der Waals surface area contributed by atoms with Crippen LogP contribution in [0.15, 0.2) is 36.7 Å². The standard InChI is InChI=1S/C16H12ClN3O3/c1-22-15-9(10-5-3-4-6-18-10)7-11-14(13(15)16(21)23-2)19-8-12(17)20-11/h3-8H,1-2H3. The summed E-state index contributed by atoms with van der Waals surface area (Å²) in [6, 6.07) is 7.19. The lowest BCUT2D eigenvalue weighted by Crippen LogP contribution is -2.08. The average Bonchev–Trinajstić information content (AvgIpc) is 2.59. The van der Waals surface area contributed by atoms with Gasteiger partial charge in [-0.15, -0.1) is 0 Å². The third-order valence-electron chi connectivity index (χ3n) is 3.29. The Morgan fingerprint density at radius 3 is 2.70 bits per heavy atom. The van der Waals surface area contributed by atoms with Gasteiger partial charge >= 0.3 is 5.97 Å². The van der Waals surface area contributed by atoms with Crippen LogP contribution in [0.4, 0.5) is 0 Å². The normalized spacial score (nSPS) is 10.6. The predicted octanol–water partition coefficient (Wildman–Crippen LogP) is 3.14. The molecule has 0 radical (unpaired) electrons. The van der Waals surface area contributed by atoms with Gasteiger partial charge in [0.15, 0.2) is 0 Å². The second-order valence-electron chi connectivity index (χ2n) is 4.60. The molecule has 0 N–H and O–H groups in total. The van der Waals surface area contributed by atoms with Crippen LogP contribution in [0.1, 0.15) is 10.4 Å². The van der Waals surface area contributed by atoms with Crippen molar-refractivity contribution in [3.63, 3.8) is 0 Å². The minimum atomic E-state index is -0.568. The molecule has 0 amide bonds. The second-order valence-corrected chi connectivity index (χ2v) is 4.99. The Labute approximate surface area is 137 Å². The minimum Gasteiger partial charge on any atom is -0.495 e. The summed E-state index contributed by atoms with van der Waals surface area (Å²) in [4.78, 5) is 25.0. The van der Waals surface area contributed by atoms with Crippen LogP contribution in [-0.4, -0.2) is 35.1 Å². The number of hydrogen-bond donors (Lipinski definition) is 0. The fourth-order valence-corrected chi connectivity index (χ4v) is 2.47. The number of ether oxygens (including phenoxy) is 2. The summed E-state index contributed by atoms with van der Waals surface area (Å²) in [5, 5.41) is 0.227. The molecule has 0 spiro atoms. The molecule has 0 saturated carbocycles. The first-order valence-corrected chi connectivity index (χ1v) is 7.06. The van der Waals surface area contributed by atoms with Gasteiger partial charge in [0.2, 0.25) is 0 Å². The molecule has 7 heteroatoms. The monoisotopic (exact) mass is 329 g/mol. The van der Waals surface area contributed by atoms with Crippen LogP contribution in [0.2, 0.25) is 5.15 Å². The van der Waals surface area contributed by atoms with E-state index in [2.05, 4.69) is 15.0 Å². The highest BCUT2D eigenvalue weighted by molar-refractivity contribution is 6.29. The van der Waals surface area contributed by atoms with E-state index in [1.165, 1.54) is 20.4 Å². The van der Waals surface area contributed by atoms with E-state index in [1.807, 2.05) is 12.1 Å². The number of benzene rings is 1. The number of fused-ring (bicyclic) bond motifs is 1. The molecule has 0 aliphatic carbocycles. The highest BCUT2D eigenvalue weighted by Gasteiger charge is 2.24. The number of methoxy groups -OCH3 is 2. The van der Waals surface area contributed by atoms with Crippen LogP contribution >= 0.6 is 11.6 Å². The minimum absolute atomic E-state index is 0.192. The maximum absolute atomic E-state index is 12.3. The van der Waals surface area contributed by atoms with E-state index in [1.54, 1.807) is 18.3 Å². The van der Waals surface area contributed by atoms with Crippen LogP contribution in [0, 0.1) is 0 Å². The number of esters is 1. The number of halogens is 1. The van der Waals surface area contributed by atoms with Crippen molar-refractivity contribution in [3.8, 4) is 17.0 Å². The van der Waals surface area contributed by atoms with E-state index in [0.29, 0.717) is 28.0 Å². The molecule has 0 saturated heterocycles. The van der Waals surface area contributed by atoms with Crippen molar-refractivity contribution in [1.29, 1.82) is 0 Å². The van der Waals surface area contributed by atoms with E-state index < -0.39 is 5.97 Å². The van der Waals surface area contributed by atoms with Crippen LogP contribution in [-0.2, 0) is 4.74 Å². The first kappa shape index (κ1) is 15.2.